The number of aromatic nitrogens is 9. The van der Waals surface area contributed by atoms with Gasteiger partial charge in [-0.1, -0.05) is 18.1 Å². The Balaban J connectivity index is 1.02. The predicted molar refractivity (Wildman–Crippen MR) is 240 cm³/mol. The molecule has 1 aliphatic carbocycles. The number of H-pyrrole nitrogens is 1. The molecule has 5 aromatic heterocycles. The van der Waals surface area contributed by atoms with Crippen LogP contribution < -0.4 is 11.4 Å². The molecule has 1 N–H and O–H groups in total. The molecule has 1 saturated carbocycles. The van der Waals surface area contributed by atoms with Crippen LogP contribution in [0.2, 0.25) is 0 Å². The Morgan fingerprint density at radius 1 is 0.924 bits per heavy atom. The van der Waals surface area contributed by atoms with Crippen molar-refractivity contribution in [1.82, 2.24) is 48.3 Å². The summed E-state index contributed by atoms with van der Waals surface area (Å²) in [7, 11) is 1.72. The summed E-state index contributed by atoms with van der Waals surface area (Å²) in [5, 5.41) is 14.7. The van der Waals surface area contributed by atoms with Crippen molar-refractivity contribution in [2.75, 3.05) is 6.61 Å². The molecule has 5 unspecified atom stereocenters. The fraction of sp³-hybridized carbons (Fsp3) is 0.388. The van der Waals surface area contributed by atoms with Crippen LogP contribution in [0.5, 0.6) is 0 Å². The molecule has 8 heterocycles. The molecule has 3 aromatic carbocycles. The van der Waals surface area contributed by atoms with E-state index in [0.29, 0.717) is 77.5 Å². The Morgan fingerprint density at radius 2 is 1.68 bits per heavy atom. The molecule has 338 valence electrons. The van der Waals surface area contributed by atoms with Gasteiger partial charge >= 0.3 is 11.4 Å². The number of halogens is 2. The lowest BCUT2D eigenvalue weighted by molar-refractivity contribution is -0.0592. The van der Waals surface area contributed by atoms with E-state index in [1.54, 1.807) is 60.7 Å². The average Bonchev–Trinajstić information content (AvgIpc) is 3.99. The number of rotatable bonds is 7. The molecule has 2 saturated heterocycles. The zero-order valence-electron chi connectivity index (χ0n) is 37.4. The highest BCUT2D eigenvalue weighted by Gasteiger charge is 2.59. The van der Waals surface area contributed by atoms with E-state index in [2.05, 4.69) is 58.8 Å². The Bertz CT molecular complexity index is 3450. The summed E-state index contributed by atoms with van der Waals surface area (Å²) in [6.07, 6.45) is 8.60. The molecule has 5 atom stereocenters. The van der Waals surface area contributed by atoms with Crippen molar-refractivity contribution in [1.29, 1.82) is 0 Å². The van der Waals surface area contributed by atoms with Crippen molar-refractivity contribution in [3.63, 3.8) is 0 Å². The Morgan fingerprint density at radius 3 is 2.41 bits per heavy atom. The molecule has 0 radical (unpaired) electrons. The monoisotopic (exact) mass is 894 g/mol. The van der Waals surface area contributed by atoms with Crippen LogP contribution in [-0.4, -0.2) is 72.5 Å². The van der Waals surface area contributed by atoms with Crippen molar-refractivity contribution in [3.05, 3.63) is 139 Å². The second kappa shape index (κ2) is 14.1. The number of amides is 1. The maximum absolute atomic E-state index is 16.2. The Hall–Kier alpha value is -6.88. The highest BCUT2D eigenvalue weighted by molar-refractivity contribution is 6.00. The highest BCUT2D eigenvalue weighted by atomic mass is 19.1. The minimum atomic E-state index is -0.847. The second-order valence-corrected chi connectivity index (χ2v) is 19.5. The van der Waals surface area contributed by atoms with Crippen LogP contribution in [-0.2, 0) is 23.7 Å². The molecule has 66 heavy (non-hydrogen) atoms. The van der Waals surface area contributed by atoms with E-state index in [0.717, 1.165) is 29.4 Å². The molecular formula is C49H48F2N10O5. The number of carbonyl (C=O) groups is 1. The van der Waals surface area contributed by atoms with Gasteiger partial charge in [-0.3, -0.25) is 28.1 Å². The van der Waals surface area contributed by atoms with Crippen LogP contribution in [0.4, 0.5) is 8.78 Å². The van der Waals surface area contributed by atoms with Crippen LogP contribution >= 0.6 is 0 Å². The van der Waals surface area contributed by atoms with Gasteiger partial charge in [0.2, 0.25) is 0 Å². The zero-order chi connectivity index (χ0) is 45.7. The maximum Gasteiger partial charge on any atom is 0.438 e. The Labute approximate surface area is 376 Å². The van der Waals surface area contributed by atoms with E-state index in [1.807, 2.05) is 11.0 Å². The van der Waals surface area contributed by atoms with Gasteiger partial charge in [0, 0.05) is 55.0 Å². The summed E-state index contributed by atoms with van der Waals surface area (Å²) < 4.78 is 50.5. The summed E-state index contributed by atoms with van der Waals surface area (Å²) in [5.41, 5.74) is 4.22. The fourth-order valence-electron chi connectivity index (χ4n) is 11.7. The number of nitrogens with one attached hydrogen (secondary N) is 1. The van der Waals surface area contributed by atoms with E-state index in [1.165, 1.54) is 27.1 Å². The van der Waals surface area contributed by atoms with Gasteiger partial charge in [0.1, 0.15) is 22.9 Å². The normalized spacial score (nSPS) is 23.3. The number of aromatic amines is 1. The van der Waals surface area contributed by atoms with Crippen molar-refractivity contribution >= 4 is 27.7 Å². The van der Waals surface area contributed by atoms with E-state index in [4.69, 9.17) is 14.4 Å². The summed E-state index contributed by atoms with van der Waals surface area (Å²) in [5.74, 6) is -0.764. The molecule has 15 nitrogen and oxygen atoms in total. The molecule has 0 spiro atoms. The smallest absolute Gasteiger partial charge is 0.376 e. The summed E-state index contributed by atoms with van der Waals surface area (Å²) >= 11 is 0. The third-order valence-corrected chi connectivity index (χ3v) is 15.0. The van der Waals surface area contributed by atoms with Gasteiger partial charge in [-0.25, -0.2) is 23.1 Å². The van der Waals surface area contributed by atoms with Crippen LogP contribution in [0.1, 0.15) is 109 Å². The molecule has 4 aliphatic rings. The summed E-state index contributed by atoms with van der Waals surface area (Å²) in [6, 6.07) is 14.3. The number of carbonyl (C=O) groups excluding carboxylic acids is 1. The van der Waals surface area contributed by atoms with Crippen molar-refractivity contribution in [3.8, 4) is 17.2 Å². The van der Waals surface area contributed by atoms with Gasteiger partial charge in [0.25, 0.3) is 5.91 Å². The van der Waals surface area contributed by atoms with Gasteiger partial charge in [0.05, 0.1) is 45.8 Å². The number of nitrogens with zero attached hydrogens (tertiary/aromatic N) is 9. The lowest BCUT2D eigenvalue weighted by atomic mass is 9.83. The number of hydrogen-bond donors (Lipinski definition) is 1. The van der Waals surface area contributed by atoms with Crippen LogP contribution in [0.3, 0.4) is 0 Å². The SMILES string of the molecule is Cc1cc(-n2nc3c(c2-n2ccn(-c4ccc5c(cnn5C)c4F)c2=O)C2CCC(C3)N2C(=O)c2cc3cc(C4CCOC(C)(C)C4)ccc3n2C2(c3noc(=O)[nH]3)CC2C)cc(C)c1F. The largest absolute Gasteiger partial charge is 0.438 e. The van der Waals surface area contributed by atoms with Crippen molar-refractivity contribution in [2.45, 2.75) is 102 Å². The first kappa shape index (κ1) is 40.6. The number of aryl methyl sites for hydroxylation is 3. The number of hydrogen-bond acceptors (Lipinski definition) is 8. The van der Waals surface area contributed by atoms with Gasteiger partial charge in [-0.15, -0.1) is 0 Å². The van der Waals surface area contributed by atoms with Crippen molar-refractivity contribution < 1.29 is 22.8 Å². The predicted octanol–water partition coefficient (Wildman–Crippen LogP) is 7.58. The van der Waals surface area contributed by atoms with Crippen LogP contribution in [0.25, 0.3) is 39.0 Å². The first-order valence-corrected chi connectivity index (χ1v) is 22.6. The summed E-state index contributed by atoms with van der Waals surface area (Å²) in [4.78, 5) is 47.8. The summed E-state index contributed by atoms with van der Waals surface area (Å²) in [6.45, 7) is 10.3. The first-order chi connectivity index (χ1) is 31.6. The van der Waals surface area contributed by atoms with Crippen LogP contribution in [0.15, 0.2) is 81.2 Å². The minimum absolute atomic E-state index is 0.00752. The third kappa shape index (κ3) is 5.80. The quantitative estimate of drug-likeness (QED) is 0.172. The van der Waals surface area contributed by atoms with E-state index >= 15 is 13.6 Å². The number of fused-ring (bicyclic) bond motifs is 6. The first-order valence-electron chi connectivity index (χ1n) is 22.6. The molecule has 2 bridgehead atoms. The van der Waals surface area contributed by atoms with Crippen molar-refractivity contribution in [2.24, 2.45) is 13.0 Å². The molecule has 8 aromatic rings. The standard InChI is InChI=1S/C49H48F2N10O5/c1-25-17-32(18-26(2)41(25)50)61-43(58-15-14-57(47(58)64)38-12-11-36-33(42(38)51)24-52-56(36)6)40-34(54-61)21-31-8-10-37(40)59(31)44(62)39-20-30-19-28(29-13-16-65-48(4,5)23-29)7-9-35(30)60(39)49(22-27(49)3)45-53-46(63)66-55-45/h7,9,11-12,14-15,17-20,24,27,29,31,37H,8,10,13,16,21-23H2,1-6H3,(H,53,55,63). The van der Waals surface area contributed by atoms with Crippen LogP contribution in [0, 0.1) is 31.4 Å². The lowest BCUT2D eigenvalue weighted by Gasteiger charge is -2.36. The maximum atomic E-state index is 16.2. The fourth-order valence-corrected chi connectivity index (χ4v) is 11.7. The molecule has 12 rings (SSSR count). The number of ether oxygens (including phenoxy) is 1. The molecule has 1 amide bonds. The lowest BCUT2D eigenvalue weighted by Crippen LogP contribution is -2.43. The van der Waals surface area contributed by atoms with E-state index < -0.39 is 28.8 Å². The number of benzene rings is 3. The Kier molecular flexibility index (Phi) is 8.65. The second-order valence-electron chi connectivity index (χ2n) is 19.5. The molecule has 3 fully saturated rings. The minimum Gasteiger partial charge on any atom is -0.376 e. The third-order valence-electron chi connectivity index (χ3n) is 15.0. The van der Waals surface area contributed by atoms with Gasteiger partial charge in [-0.05, 0) is 131 Å². The molecular weight excluding hydrogens is 847 g/mol. The zero-order valence-corrected chi connectivity index (χ0v) is 37.4. The number of imidazole rings is 1. The van der Waals surface area contributed by atoms with E-state index in [9.17, 15) is 9.59 Å². The van der Waals surface area contributed by atoms with E-state index in [-0.39, 0.29) is 46.3 Å². The molecule has 3 aliphatic heterocycles. The van der Waals surface area contributed by atoms with Gasteiger partial charge in [-0.2, -0.15) is 10.2 Å². The van der Waals surface area contributed by atoms with Gasteiger partial charge < -0.3 is 14.2 Å². The highest BCUT2D eigenvalue weighted by Crippen LogP contribution is 2.57. The topological polar surface area (TPSA) is 156 Å². The molecule has 17 heteroatoms. The van der Waals surface area contributed by atoms with Gasteiger partial charge in [0.15, 0.2) is 11.6 Å². The average molecular weight is 895 g/mol.